The van der Waals surface area contributed by atoms with Crippen LogP contribution in [0, 0.1) is 11.7 Å². The maximum Gasteiger partial charge on any atom is 0.264 e. The molecule has 0 fully saturated rings. The summed E-state index contributed by atoms with van der Waals surface area (Å²) in [6, 6.07) is 14.8. The molecule has 232 valence electrons. The minimum Gasteiger partial charge on any atom is -0.493 e. The first kappa shape index (κ1) is 33.7. The number of ether oxygens (including phenoxy) is 2. The second-order valence-corrected chi connectivity index (χ2v) is 12.5. The van der Waals surface area contributed by atoms with E-state index in [4.69, 9.17) is 21.1 Å². The van der Waals surface area contributed by atoms with Crippen LogP contribution in [-0.2, 0) is 26.2 Å². The largest absolute Gasteiger partial charge is 0.493 e. The van der Waals surface area contributed by atoms with Crippen LogP contribution < -0.4 is 19.1 Å². The quantitative estimate of drug-likeness (QED) is 0.259. The number of rotatable bonds is 14. The molecule has 9 nitrogen and oxygen atoms in total. The third-order valence-electron chi connectivity index (χ3n) is 6.71. The standard InChI is InChI=1S/C31H37ClFN3O6S/c1-6-27(31(38)34-18-21(2)3)35(19-22-9-7-8-10-26(22)32)30(37)20-36(24-13-11-23(33)12-14-24)43(39,40)25-15-16-28(41-4)29(17-25)42-5/h7-17,21,27H,6,18-20H2,1-5H3,(H,34,38). The third-order valence-corrected chi connectivity index (χ3v) is 8.84. The van der Waals surface area contributed by atoms with Crippen LogP contribution in [0.15, 0.2) is 71.6 Å². The molecule has 1 unspecified atom stereocenters. The van der Waals surface area contributed by atoms with Gasteiger partial charge < -0.3 is 19.7 Å². The van der Waals surface area contributed by atoms with Gasteiger partial charge in [0.25, 0.3) is 10.0 Å². The number of anilines is 1. The van der Waals surface area contributed by atoms with Crippen LogP contribution in [0.25, 0.3) is 0 Å². The summed E-state index contributed by atoms with van der Waals surface area (Å²) >= 11 is 6.42. The van der Waals surface area contributed by atoms with E-state index in [2.05, 4.69) is 5.32 Å². The van der Waals surface area contributed by atoms with Crippen molar-refractivity contribution >= 4 is 39.1 Å². The molecule has 0 aliphatic heterocycles. The van der Waals surface area contributed by atoms with Gasteiger partial charge in [-0.3, -0.25) is 13.9 Å². The van der Waals surface area contributed by atoms with E-state index >= 15 is 0 Å². The molecule has 0 bridgehead atoms. The Hall–Kier alpha value is -3.83. The Morgan fingerprint density at radius 1 is 0.977 bits per heavy atom. The summed E-state index contributed by atoms with van der Waals surface area (Å²) in [7, 11) is -1.61. The number of carbonyl (C=O) groups is 2. The molecule has 0 spiro atoms. The first-order valence-corrected chi connectivity index (χ1v) is 15.6. The molecule has 3 rings (SSSR count). The maximum absolute atomic E-state index is 14.1. The minimum atomic E-state index is -4.41. The lowest BCUT2D eigenvalue weighted by molar-refractivity contribution is -0.140. The summed E-state index contributed by atoms with van der Waals surface area (Å²) in [5, 5.41) is 3.27. The molecule has 0 aliphatic rings. The third kappa shape index (κ3) is 8.39. The van der Waals surface area contributed by atoms with Crippen LogP contribution in [0.2, 0.25) is 5.02 Å². The summed E-state index contributed by atoms with van der Waals surface area (Å²) in [6.07, 6.45) is 0.263. The highest BCUT2D eigenvalue weighted by atomic mass is 35.5. The van der Waals surface area contributed by atoms with Gasteiger partial charge in [-0.2, -0.15) is 0 Å². The number of halogens is 2. The highest BCUT2D eigenvalue weighted by Gasteiger charge is 2.34. The van der Waals surface area contributed by atoms with Crippen LogP contribution in [0.1, 0.15) is 32.8 Å². The van der Waals surface area contributed by atoms with Crippen molar-refractivity contribution in [2.45, 2.75) is 44.7 Å². The average molecular weight is 634 g/mol. The summed E-state index contributed by atoms with van der Waals surface area (Å²) in [6.45, 7) is 5.35. The lowest BCUT2D eigenvalue weighted by Crippen LogP contribution is -2.52. The van der Waals surface area contributed by atoms with Crippen LogP contribution in [0.5, 0.6) is 11.5 Å². The van der Waals surface area contributed by atoms with Crippen LogP contribution in [-0.4, -0.2) is 58.5 Å². The second kappa shape index (κ2) is 15.1. The smallest absolute Gasteiger partial charge is 0.264 e. The predicted octanol–water partition coefficient (Wildman–Crippen LogP) is 5.27. The molecule has 0 radical (unpaired) electrons. The summed E-state index contributed by atoms with van der Waals surface area (Å²) in [5.41, 5.74) is 0.642. The number of sulfonamides is 1. The molecule has 12 heteroatoms. The Balaban J connectivity index is 2.09. The first-order chi connectivity index (χ1) is 20.4. The predicted molar refractivity (Wildman–Crippen MR) is 164 cm³/mol. The van der Waals surface area contributed by atoms with Crippen molar-refractivity contribution in [3.8, 4) is 11.5 Å². The van der Waals surface area contributed by atoms with Gasteiger partial charge in [-0.05, 0) is 60.4 Å². The topological polar surface area (TPSA) is 105 Å². The number of amides is 2. The number of hydrogen-bond acceptors (Lipinski definition) is 6. The van der Waals surface area contributed by atoms with E-state index in [-0.39, 0.29) is 41.1 Å². The van der Waals surface area contributed by atoms with Crippen LogP contribution in [0.3, 0.4) is 0 Å². The number of benzene rings is 3. The zero-order valence-corrected chi connectivity index (χ0v) is 26.4. The molecule has 3 aromatic rings. The zero-order valence-electron chi connectivity index (χ0n) is 24.8. The molecule has 0 saturated heterocycles. The van der Waals surface area contributed by atoms with Gasteiger partial charge in [-0.25, -0.2) is 12.8 Å². The Morgan fingerprint density at radius 3 is 2.21 bits per heavy atom. The first-order valence-electron chi connectivity index (χ1n) is 13.7. The van der Waals surface area contributed by atoms with E-state index in [1.54, 1.807) is 31.2 Å². The molecule has 0 aliphatic carbocycles. The Labute approximate surface area is 257 Å². The van der Waals surface area contributed by atoms with E-state index in [0.717, 1.165) is 16.4 Å². The van der Waals surface area contributed by atoms with Crippen molar-refractivity contribution in [1.29, 1.82) is 0 Å². The number of nitrogens with one attached hydrogen (secondary N) is 1. The fourth-order valence-electron chi connectivity index (χ4n) is 4.39. The van der Waals surface area contributed by atoms with Gasteiger partial charge in [-0.1, -0.05) is 50.6 Å². The molecule has 0 saturated carbocycles. The van der Waals surface area contributed by atoms with Crippen molar-refractivity contribution < 1.29 is 31.9 Å². The average Bonchev–Trinajstić information content (AvgIpc) is 2.99. The highest BCUT2D eigenvalue weighted by Crippen LogP contribution is 2.32. The monoisotopic (exact) mass is 633 g/mol. The van der Waals surface area contributed by atoms with E-state index in [1.165, 1.54) is 49.5 Å². The lowest BCUT2D eigenvalue weighted by Gasteiger charge is -2.33. The van der Waals surface area contributed by atoms with Crippen LogP contribution >= 0.6 is 11.6 Å². The fraction of sp³-hybridized carbons (Fsp3) is 0.355. The van der Waals surface area contributed by atoms with E-state index in [1.807, 2.05) is 13.8 Å². The van der Waals surface area contributed by atoms with E-state index in [9.17, 15) is 22.4 Å². The molecule has 0 heterocycles. The molecule has 1 atom stereocenters. The second-order valence-electron chi connectivity index (χ2n) is 10.2. The lowest BCUT2D eigenvalue weighted by atomic mass is 10.1. The minimum absolute atomic E-state index is 0.0419. The van der Waals surface area contributed by atoms with Crippen molar-refractivity contribution in [1.82, 2.24) is 10.2 Å². The SMILES string of the molecule is CCC(C(=O)NCC(C)C)N(Cc1ccccc1Cl)C(=O)CN(c1ccc(F)cc1)S(=O)(=O)c1ccc(OC)c(OC)c1. The molecular weight excluding hydrogens is 597 g/mol. The molecule has 0 aromatic heterocycles. The number of nitrogens with zero attached hydrogens (tertiary/aromatic N) is 2. The zero-order chi connectivity index (χ0) is 31.7. The number of methoxy groups -OCH3 is 2. The fourth-order valence-corrected chi connectivity index (χ4v) is 6.02. The molecular formula is C31H37ClFN3O6S. The summed E-state index contributed by atoms with van der Waals surface area (Å²) in [5.74, 6) is -0.939. The molecule has 43 heavy (non-hydrogen) atoms. The van der Waals surface area contributed by atoms with Crippen molar-refractivity contribution in [3.05, 3.63) is 83.1 Å². The van der Waals surface area contributed by atoms with Crippen molar-refractivity contribution in [2.24, 2.45) is 5.92 Å². The Morgan fingerprint density at radius 2 is 1.63 bits per heavy atom. The normalized spacial score (nSPS) is 12.0. The number of carbonyl (C=O) groups excluding carboxylic acids is 2. The Bertz CT molecular complexity index is 1520. The van der Waals surface area contributed by atoms with Gasteiger partial charge in [0.15, 0.2) is 11.5 Å². The molecule has 2 amide bonds. The van der Waals surface area contributed by atoms with E-state index < -0.39 is 34.3 Å². The van der Waals surface area contributed by atoms with Gasteiger partial charge >= 0.3 is 0 Å². The van der Waals surface area contributed by atoms with Gasteiger partial charge in [0.05, 0.1) is 24.8 Å². The summed E-state index contributed by atoms with van der Waals surface area (Å²) < 4.78 is 53.4. The van der Waals surface area contributed by atoms with Gasteiger partial charge in [0.2, 0.25) is 11.8 Å². The van der Waals surface area contributed by atoms with Gasteiger partial charge in [-0.15, -0.1) is 0 Å². The number of hydrogen-bond donors (Lipinski definition) is 1. The van der Waals surface area contributed by atoms with Crippen molar-refractivity contribution in [2.75, 3.05) is 31.6 Å². The Kier molecular flexibility index (Phi) is 11.8. The van der Waals surface area contributed by atoms with Crippen molar-refractivity contribution in [3.63, 3.8) is 0 Å². The highest BCUT2D eigenvalue weighted by molar-refractivity contribution is 7.92. The van der Waals surface area contributed by atoms with Gasteiger partial charge in [0, 0.05) is 24.2 Å². The summed E-state index contributed by atoms with van der Waals surface area (Å²) in [4.78, 5) is 28.6. The maximum atomic E-state index is 14.1. The van der Waals surface area contributed by atoms with Gasteiger partial charge in [0.1, 0.15) is 18.4 Å². The van der Waals surface area contributed by atoms with Crippen LogP contribution in [0.4, 0.5) is 10.1 Å². The molecule has 1 N–H and O–H groups in total. The van der Waals surface area contributed by atoms with E-state index in [0.29, 0.717) is 22.9 Å². The molecule has 3 aromatic carbocycles.